The Morgan fingerprint density at radius 2 is 1.70 bits per heavy atom. The van der Waals surface area contributed by atoms with Gasteiger partial charge in [0.05, 0.1) is 48.6 Å². The number of hydrogen-bond donors (Lipinski definition) is 1. The molecular weight excluding hydrogens is 578 g/mol. The molecule has 5 heterocycles. The highest BCUT2D eigenvalue weighted by Gasteiger charge is 2.43. The van der Waals surface area contributed by atoms with Crippen LogP contribution < -0.4 is 10.1 Å². The number of anilines is 1. The molecule has 1 saturated carbocycles. The van der Waals surface area contributed by atoms with Gasteiger partial charge in [0, 0.05) is 55.0 Å². The molecule has 6 rings (SSSR count). The van der Waals surface area contributed by atoms with Gasteiger partial charge < -0.3 is 15.0 Å². The number of aromatic nitrogens is 6. The van der Waals surface area contributed by atoms with E-state index in [1.165, 1.54) is 7.11 Å². The molecule has 1 amide bonds. The van der Waals surface area contributed by atoms with E-state index in [1.54, 1.807) is 24.8 Å². The molecule has 0 aromatic carbocycles. The van der Waals surface area contributed by atoms with Crippen LogP contribution >= 0.6 is 0 Å². The Kier molecular flexibility index (Phi) is 8.60. The summed E-state index contributed by atoms with van der Waals surface area (Å²) in [6.45, 7) is 15.3. The van der Waals surface area contributed by atoms with Crippen molar-refractivity contribution >= 4 is 17.6 Å². The molecule has 3 aliphatic rings. The van der Waals surface area contributed by atoms with Gasteiger partial charge in [0.2, 0.25) is 11.9 Å². The first-order valence-electron chi connectivity index (χ1n) is 16.2. The normalized spacial score (nSPS) is 21.6. The maximum Gasteiger partial charge on any atom is 0.316 e. The van der Waals surface area contributed by atoms with Crippen LogP contribution in [0.5, 0.6) is 6.01 Å². The summed E-state index contributed by atoms with van der Waals surface area (Å²) in [6, 6.07) is 0.514. The third kappa shape index (κ3) is 6.64. The van der Waals surface area contributed by atoms with Gasteiger partial charge in [0.1, 0.15) is 0 Å². The monoisotopic (exact) mass is 623 g/mol. The Bertz CT molecular complexity index is 1630. The lowest BCUT2D eigenvalue weighted by molar-refractivity contribution is -0.145. The fraction of sp³-hybridized carbons (Fsp3) is 0.543. The number of ether oxygens (including phenoxy) is 1. The number of hydrogen-bond acceptors (Lipinski definition) is 10. The van der Waals surface area contributed by atoms with E-state index in [0.717, 1.165) is 72.6 Å². The van der Waals surface area contributed by atoms with Crippen LogP contribution in [-0.4, -0.2) is 79.2 Å². The van der Waals surface area contributed by atoms with Gasteiger partial charge in [-0.1, -0.05) is 40.7 Å². The van der Waals surface area contributed by atoms with E-state index in [2.05, 4.69) is 67.9 Å². The smallest absolute Gasteiger partial charge is 0.316 e. The second-order valence-corrected chi connectivity index (χ2v) is 14.7. The lowest BCUT2D eigenvalue weighted by atomic mass is 9.75. The van der Waals surface area contributed by atoms with Crippen molar-refractivity contribution in [3.05, 3.63) is 59.6 Å². The van der Waals surface area contributed by atoms with Gasteiger partial charge in [-0.15, -0.1) is 0 Å². The summed E-state index contributed by atoms with van der Waals surface area (Å²) in [5, 5.41) is 3.62. The van der Waals surface area contributed by atoms with Gasteiger partial charge >= 0.3 is 6.01 Å². The van der Waals surface area contributed by atoms with E-state index in [-0.39, 0.29) is 34.6 Å². The Morgan fingerprint density at radius 1 is 0.978 bits per heavy atom. The molecule has 11 heteroatoms. The average molecular weight is 624 g/mol. The number of methoxy groups -OCH3 is 1. The quantitative estimate of drug-likeness (QED) is 0.350. The van der Waals surface area contributed by atoms with Crippen molar-refractivity contribution in [2.45, 2.75) is 84.6 Å². The number of carbonyl (C=O) groups excluding carboxylic acids is 1. The molecule has 1 unspecified atom stereocenters. The molecule has 1 saturated heterocycles. The van der Waals surface area contributed by atoms with Gasteiger partial charge in [0.15, 0.2) is 0 Å². The fourth-order valence-corrected chi connectivity index (χ4v) is 6.83. The lowest BCUT2D eigenvalue weighted by Crippen LogP contribution is -2.57. The van der Waals surface area contributed by atoms with Gasteiger partial charge in [-0.3, -0.25) is 19.8 Å². The maximum atomic E-state index is 14.0. The molecule has 0 spiro atoms. The molecule has 3 aromatic heterocycles. The van der Waals surface area contributed by atoms with Crippen LogP contribution in [0.4, 0.5) is 5.95 Å². The van der Waals surface area contributed by atoms with E-state index in [1.807, 2.05) is 11.1 Å². The van der Waals surface area contributed by atoms with Crippen molar-refractivity contribution in [3.8, 4) is 17.3 Å². The second kappa shape index (κ2) is 12.5. The SMILES string of the molecule is COc1ncc(-c2cnc(C(C(=O)N3CC(C)(C)C3)C3CCC(Nc4ncc(C(C)(C)C)c(C5=NCC=C5C)n4)CC3)cn2)cn1. The highest BCUT2D eigenvalue weighted by Crippen LogP contribution is 2.40. The first-order valence-corrected chi connectivity index (χ1v) is 16.2. The lowest BCUT2D eigenvalue weighted by Gasteiger charge is -2.48. The third-order valence-electron chi connectivity index (χ3n) is 9.33. The Hall–Kier alpha value is -4.28. The summed E-state index contributed by atoms with van der Waals surface area (Å²) in [7, 11) is 1.53. The number of nitrogens with one attached hydrogen (secondary N) is 1. The molecular formula is C35H45N9O2. The first-order chi connectivity index (χ1) is 21.9. The number of rotatable bonds is 8. The summed E-state index contributed by atoms with van der Waals surface area (Å²) >= 11 is 0. The number of nitrogens with zero attached hydrogens (tertiary/aromatic N) is 8. The van der Waals surface area contributed by atoms with Crippen LogP contribution in [0.3, 0.4) is 0 Å². The summed E-state index contributed by atoms with van der Waals surface area (Å²) < 4.78 is 5.07. The topological polar surface area (TPSA) is 131 Å². The first kappa shape index (κ1) is 31.7. The van der Waals surface area contributed by atoms with E-state index < -0.39 is 0 Å². The zero-order chi connectivity index (χ0) is 32.6. The van der Waals surface area contributed by atoms with E-state index >= 15 is 0 Å². The molecule has 1 N–H and O–H groups in total. The van der Waals surface area contributed by atoms with Crippen LogP contribution in [0.25, 0.3) is 11.3 Å². The van der Waals surface area contributed by atoms with Crippen molar-refractivity contribution in [2.24, 2.45) is 16.3 Å². The molecule has 3 aromatic rings. The summed E-state index contributed by atoms with van der Waals surface area (Å²) in [6.07, 6.45) is 14.5. The van der Waals surface area contributed by atoms with Crippen molar-refractivity contribution in [2.75, 3.05) is 32.1 Å². The van der Waals surface area contributed by atoms with Gasteiger partial charge in [-0.25, -0.2) is 19.9 Å². The molecule has 0 radical (unpaired) electrons. The molecule has 0 bridgehead atoms. The molecule has 1 aliphatic carbocycles. The van der Waals surface area contributed by atoms with Crippen molar-refractivity contribution in [1.29, 1.82) is 0 Å². The molecule has 46 heavy (non-hydrogen) atoms. The highest BCUT2D eigenvalue weighted by molar-refractivity contribution is 6.13. The summed E-state index contributed by atoms with van der Waals surface area (Å²) in [4.78, 5) is 48.3. The fourth-order valence-electron chi connectivity index (χ4n) is 6.83. The molecule has 11 nitrogen and oxygen atoms in total. The molecule has 1 atom stereocenters. The second-order valence-electron chi connectivity index (χ2n) is 14.7. The number of aliphatic imine (C=N–C) groups is 1. The van der Waals surface area contributed by atoms with E-state index in [9.17, 15) is 4.79 Å². The van der Waals surface area contributed by atoms with E-state index in [0.29, 0.717) is 24.2 Å². The number of likely N-dealkylation sites (tertiary alicyclic amines) is 1. The molecule has 242 valence electrons. The Labute approximate surface area is 271 Å². The van der Waals surface area contributed by atoms with Gasteiger partial charge in [-0.05, 0) is 54.9 Å². The standard InChI is InChI=1S/C35H45N9O2/c1-21-12-13-36-29(21)30-25(34(2,3)4)16-39-32(43-30)42-24-10-8-22(9-11-24)28(31(45)44-19-35(5,6)20-44)27-18-37-26(17-38-27)23-14-40-33(46-7)41-15-23/h12,14-18,22,24,28H,8-11,13,19-20H2,1-7H3,(H,39,42,43). The minimum absolute atomic E-state index is 0.103. The highest BCUT2D eigenvalue weighted by atomic mass is 16.5. The summed E-state index contributed by atoms with van der Waals surface area (Å²) in [5.74, 6) is 0.610. The van der Waals surface area contributed by atoms with Crippen LogP contribution in [0, 0.1) is 11.3 Å². The van der Waals surface area contributed by atoms with Crippen molar-refractivity contribution < 1.29 is 9.53 Å². The predicted octanol–water partition coefficient (Wildman–Crippen LogP) is 5.40. The Balaban J connectivity index is 1.18. The van der Waals surface area contributed by atoms with Gasteiger partial charge in [0.25, 0.3) is 0 Å². The average Bonchev–Trinajstić information content (AvgIpc) is 3.46. The third-order valence-corrected chi connectivity index (χ3v) is 9.33. The number of carbonyl (C=O) groups is 1. The molecule has 2 aliphatic heterocycles. The van der Waals surface area contributed by atoms with Gasteiger partial charge in [-0.2, -0.15) is 0 Å². The Morgan fingerprint density at radius 3 is 2.26 bits per heavy atom. The van der Waals surface area contributed by atoms with Crippen molar-refractivity contribution in [3.63, 3.8) is 0 Å². The van der Waals surface area contributed by atoms with Crippen LogP contribution in [0.15, 0.2) is 47.6 Å². The zero-order valence-electron chi connectivity index (χ0n) is 28.0. The zero-order valence-corrected chi connectivity index (χ0v) is 28.0. The van der Waals surface area contributed by atoms with Crippen LogP contribution in [-0.2, 0) is 10.2 Å². The minimum atomic E-state index is -0.338. The van der Waals surface area contributed by atoms with E-state index in [4.69, 9.17) is 24.7 Å². The van der Waals surface area contributed by atoms with Crippen LogP contribution in [0.2, 0.25) is 0 Å². The predicted molar refractivity (Wildman–Crippen MR) is 178 cm³/mol. The largest absolute Gasteiger partial charge is 0.467 e. The minimum Gasteiger partial charge on any atom is -0.467 e. The molecule has 2 fully saturated rings. The van der Waals surface area contributed by atoms with Crippen molar-refractivity contribution in [1.82, 2.24) is 34.8 Å². The number of amides is 1. The van der Waals surface area contributed by atoms with Crippen LogP contribution in [0.1, 0.15) is 90.1 Å². The summed E-state index contributed by atoms with van der Waals surface area (Å²) in [5.41, 5.74) is 6.28. The number of allylic oxidation sites excluding steroid dienone is 1. The maximum absolute atomic E-state index is 14.0.